The molecule has 0 aliphatic heterocycles. The fourth-order valence-electron chi connectivity index (χ4n) is 1.96. The molecule has 0 fully saturated rings. The summed E-state index contributed by atoms with van der Waals surface area (Å²) >= 11 is 3.38. The van der Waals surface area contributed by atoms with Crippen LogP contribution in [0.1, 0.15) is 33.1 Å². The van der Waals surface area contributed by atoms with Gasteiger partial charge in [-0.05, 0) is 44.0 Å². The number of ether oxygens (including phenoxy) is 1. The number of halogens is 1. The van der Waals surface area contributed by atoms with Gasteiger partial charge in [-0.1, -0.05) is 29.3 Å². The molecule has 2 N–H and O–H groups in total. The van der Waals surface area contributed by atoms with Crippen molar-refractivity contribution in [1.29, 1.82) is 0 Å². The molecule has 0 saturated heterocycles. The van der Waals surface area contributed by atoms with Crippen LogP contribution in [0.4, 0.5) is 0 Å². The van der Waals surface area contributed by atoms with Gasteiger partial charge in [-0.3, -0.25) is 4.79 Å². The maximum atomic E-state index is 10.7. The molecule has 0 spiro atoms. The number of hydrogen-bond donors (Lipinski definition) is 2. The molecule has 0 heterocycles. The van der Waals surface area contributed by atoms with Crippen molar-refractivity contribution in [2.45, 2.75) is 39.2 Å². The zero-order chi connectivity index (χ0) is 15.7. The molecule has 0 amide bonds. The van der Waals surface area contributed by atoms with Crippen molar-refractivity contribution < 1.29 is 14.6 Å². The lowest BCUT2D eigenvalue weighted by molar-refractivity contribution is -0.141. The molecule has 2 atom stereocenters. The van der Waals surface area contributed by atoms with Crippen LogP contribution in [0.2, 0.25) is 0 Å². The Morgan fingerprint density at radius 1 is 1.29 bits per heavy atom. The highest BCUT2D eigenvalue weighted by Gasteiger charge is 2.10. The van der Waals surface area contributed by atoms with Crippen molar-refractivity contribution >= 4 is 21.9 Å². The summed E-state index contributed by atoms with van der Waals surface area (Å²) in [5, 5.41) is 12.2. The third-order valence-electron chi connectivity index (χ3n) is 3.37. The normalized spacial score (nSPS) is 13.7. The van der Waals surface area contributed by atoms with E-state index in [-0.39, 0.29) is 5.92 Å². The van der Waals surface area contributed by atoms with Crippen molar-refractivity contribution in [2.75, 3.05) is 13.2 Å². The Morgan fingerprint density at radius 3 is 2.57 bits per heavy atom. The predicted molar refractivity (Wildman–Crippen MR) is 87.8 cm³/mol. The number of hydrogen-bond acceptors (Lipinski definition) is 3. The van der Waals surface area contributed by atoms with Crippen molar-refractivity contribution in [3.8, 4) is 5.75 Å². The van der Waals surface area contributed by atoms with Gasteiger partial charge in [-0.15, -0.1) is 0 Å². The zero-order valence-corrected chi connectivity index (χ0v) is 14.2. The Bertz CT molecular complexity index is 422. The highest BCUT2D eigenvalue weighted by molar-refractivity contribution is 9.10. The predicted octanol–water partition coefficient (Wildman–Crippen LogP) is 3.70. The number of carboxylic acids is 1. The number of nitrogens with one attached hydrogen (secondary N) is 1. The highest BCUT2D eigenvalue weighted by Crippen LogP contribution is 2.15. The summed E-state index contributed by atoms with van der Waals surface area (Å²) in [6.07, 6.45) is 2.64. The molecule has 0 aromatic heterocycles. The van der Waals surface area contributed by atoms with Crippen LogP contribution in [0.5, 0.6) is 5.75 Å². The summed E-state index contributed by atoms with van der Waals surface area (Å²) in [5.74, 6) is -0.0978. The topological polar surface area (TPSA) is 58.6 Å². The SMILES string of the molecule is CC(CCCC(C)C(=O)O)NCCOc1ccc(Br)cc1. The van der Waals surface area contributed by atoms with Crippen LogP contribution in [-0.4, -0.2) is 30.3 Å². The quantitative estimate of drug-likeness (QED) is 0.626. The Balaban J connectivity index is 2.06. The average molecular weight is 358 g/mol. The monoisotopic (exact) mass is 357 g/mol. The largest absolute Gasteiger partial charge is 0.492 e. The molecular formula is C16H24BrNO3. The third kappa shape index (κ3) is 8.07. The van der Waals surface area contributed by atoms with Gasteiger partial charge in [0, 0.05) is 17.1 Å². The minimum atomic E-state index is -0.710. The summed E-state index contributed by atoms with van der Waals surface area (Å²) in [5.41, 5.74) is 0. The van der Waals surface area contributed by atoms with Crippen molar-refractivity contribution in [3.63, 3.8) is 0 Å². The first-order valence-electron chi connectivity index (χ1n) is 7.33. The summed E-state index contributed by atoms with van der Waals surface area (Å²) in [7, 11) is 0. The first-order chi connectivity index (χ1) is 9.99. The Kier molecular flexibility index (Phi) is 8.38. The van der Waals surface area contributed by atoms with E-state index in [1.807, 2.05) is 24.3 Å². The second-order valence-electron chi connectivity index (χ2n) is 5.33. The van der Waals surface area contributed by atoms with Gasteiger partial charge in [0.05, 0.1) is 5.92 Å². The minimum Gasteiger partial charge on any atom is -0.492 e. The molecule has 2 unspecified atom stereocenters. The van der Waals surface area contributed by atoms with Crippen LogP contribution < -0.4 is 10.1 Å². The molecule has 5 heteroatoms. The Hall–Kier alpha value is -1.07. The maximum Gasteiger partial charge on any atom is 0.306 e. The van der Waals surface area contributed by atoms with Gasteiger partial charge in [0.2, 0.25) is 0 Å². The molecule has 1 aromatic rings. The van der Waals surface area contributed by atoms with E-state index in [2.05, 4.69) is 28.2 Å². The number of carbonyl (C=O) groups is 1. The van der Waals surface area contributed by atoms with Crippen LogP contribution in [0.15, 0.2) is 28.7 Å². The van der Waals surface area contributed by atoms with Gasteiger partial charge in [0.15, 0.2) is 0 Å². The Labute approximate surface area is 135 Å². The average Bonchev–Trinajstić information content (AvgIpc) is 2.45. The second kappa shape index (κ2) is 9.79. The number of rotatable bonds is 10. The van der Waals surface area contributed by atoms with Gasteiger partial charge in [0.1, 0.15) is 12.4 Å². The van der Waals surface area contributed by atoms with E-state index in [1.54, 1.807) is 6.92 Å². The van der Waals surface area contributed by atoms with Crippen LogP contribution in [0, 0.1) is 5.92 Å². The first-order valence-corrected chi connectivity index (χ1v) is 8.13. The number of aliphatic carboxylic acids is 1. The van der Waals surface area contributed by atoms with Crippen molar-refractivity contribution in [1.82, 2.24) is 5.32 Å². The number of benzene rings is 1. The van der Waals surface area contributed by atoms with E-state index < -0.39 is 5.97 Å². The fraction of sp³-hybridized carbons (Fsp3) is 0.562. The van der Waals surface area contributed by atoms with E-state index in [0.717, 1.165) is 36.0 Å². The van der Waals surface area contributed by atoms with Gasteiger partial charge < -0.3 is 15.2 Å². The molecule has 0 aliphatic rings. The fourth-order valence-corrected chi connectivity index (χ4v) is 2.23. The van der Waals surface area contributed by atoms with Gasteiger partial charge in [0.25, 0.3) is 0 Å². The van der Waals surface area contributed by atoms with Crippen LogP contribution in [0.3, 0.4) is 0 Å². The second-order valence-corrected chi connectivity index (χ2v) is 6.24. The highest BCUT2D eigenvalue weighted by atomic mass is 79.9. The molecule has 1 aromatic carbocycles. The summed E-state index contributed by atoms with van der Waals surface area (Å²) in [6, 6.07) is 8.14. The molecular weight excluding hydrogens is 334 g/mol. The zero-order valence-electron chi connectivity index (χ0n) is 12.6. The first kappa shape index (κ1) is 18.0. The van der Waals surface area contributed by atoms with Crippen LogP contribution >= 0.6 is 15.9 Å². The van der Waals surface area contributed by atoms with E-state index in [1.165, 1.54) is 0 Å². The number of carboxylic acid groups (broad SMARTS) is 1. The molecule has 0 bridgehead atoms. The smallest absolute Gasteiger partial charge is 0.306 e. The summed E-state index contributed by atoms with van der Waals surface area (Å²) < 4.78 is 6.66. The minimum absolute atomic E-state index is 0.252. The van der Waals surface area contributed by atoms with Gasteiger partial charge in [-0.2, -0.15) is 0 Å². The molecule has 21 heavy (non-hydrogen) atoms. The van der Waals surface area contributed by atoms with Gasteiger partial charge in [-0.25, -0.2) is 0 Å². The summed E-state index contributed by atoms with van der Waals surface area (Å²) in [4.78, 5) is 10.7. The lowest BCUT2D eigenvalue weighted by atomic mass is 10.0. The molecule has 1 rings (SSSR count). The Morgan fingerprint density at radius 2 is 1.95 bits per heavy atom. The van der Waals surface area contributed by atoms with E-state index >= 15 is 0 Å². The molecule has 0 radical (unpaired) electrons. The third-order valence-corrected chi connectivity index (χ3v) is 3.90. The van der Waals surface area contributed by atoms with Gasteiger partial charge >= 0.3 is 5.97 Å². The molecule has 0 aliphatic carbocycles. The molecule has 118 valence electrons. The van der Waals surface area contributed by atoms with Crippen molar-refractivity contribution in [3.05, 3.63) is 28.7 Å². The lowest BCUT2D eigenvalue weighted by Crippen LogP contribution is -2.30. The van der Waals surface area contributed by atoms with E-state index in [0.29, 0.717) is 12.6 Å². The van der Waals surface area contributed by atoms with Crippen molar-refractivity contribution in [2.24, 2.45) is 5.92 Å². The van der Waals surface area contributed by atoms with Crippen LogP contribution in [0.25, 0.3) is 0 Å². The summed E-state index contributed by atoms with van der Waals surface area (Å²) in [6.45, 7) is 5.28. The maximum absolute atomic E-state index is 10.7. The molecule has 0 saturated carbocycles. The van der Waals surface area contributed by atoms with E-state index in [9.17, 15) is 4.79 Å². The molecule has 4 nitrogen and oxygen atoms in total. The standard InChI is InChI=1S/C16H24BrNO3/c1-12(16(19)20)4-3-5-13(2)18-10-11-21-15-8-6-14(17)7-9-15/h6-9,12-13,18H,3-5,10-11H2,1-2H3,(H,19,20). The lowest BCUT2D eigenvalue weighted by Gasteiger charge is -2.15. The van der Waals surface area contributed by atoms with E-state index in [4.69, 9.17) is 9.84 Å². The van der Waals surface area contributed by atoms with Crippen LogP contribution in [-0.2, 0) is 4.79 Å².